The molecule has 0 aromatic heterocycles. The van der Waals surface area contributed by atoms with Crippen molar-refractivity contribution in [1.29, 1.82) is 0 Å². The fourth-order valence-electron chi connectivity index (χ4n) is 3.03. The lowest BCUT2D eigenvalue weighted by Gasteiger charge is -2.31. The summed E-state index contributed by atoms with van der Waals surface area (Å²) in [5.74, 6) is 0.425. The SMILES string of the molecule is Cc1ccc(S(=O)(=O)Nc2ccc3c(c2)C(=O)CC(C)(C)O3)c(C)c1. The van der Waals surface area contributed by atoms with Gasteiger partial charge < -0.3 is 4.74 Å². The second kappa shape index (κ2) is 5.88. The molecule has 0 fully saturated rings. The Morgan fingerprint density at radius 1 is 1.08 bits per heavy atom. The van der Waals surface area contributed by atoms with Gasteiger partial charge in [-0.15, -0.1) is 0 Å². The molecule has 3 rings (SSSR count). The molecule has 0 atom stereocenters. The minimum absolute atomic E-state index is 0.0567. The highest BCUT2D eigenvalue weighted by molar-refractivity contribution is 7.92. The van der Waals surface area contributed by atoms with E-state index in [9.17, 15) is 13.2 Å². The quantitative estimate of drug-likeness (QED) is 0.903. The predicted octanol–water partition coefficient (Wildman–Crippen LogP) is 3.85. The topological polar surface area (TPSA) is 72.5 Å². The Labute approximate surface area is 148 Å². The van der Waals surface area contributed by atoms with Crippen LogP contribution in [0.15, 0.2) is 41.3 Å². The zero-order valence-corrected chi connectivity index (χ0v) is 15.5. The summed E-state index contributed by atoms with van der Waals surface area (Å²) in [6.45, 7) is 7.37. The van der Waals surface area contributed by atoms with Gasteiger partial charge >= 0.3 is 0 Å². The number of benzene rings is 2. The summed E-state index contributed by atoms with van der Waals surface area (Å²) in [5.41, 5.74) is 1.86. The van der Waals surface area contributed by atoms with E-state index in [1.165, 1.54) is 6.07 Å². The molecule has 1 aliphatic rings. The summed E-state index contributed by atoms with van der Waals surface area (Å²) in [6.07, 6.45) is 0.257. The number of fused-ring (bicyclic) bond motifs is 1. The molecular weight excluding hydrogens is 338 g/mol. The number of ether oxygens (including phenoxy) is 1. The average Bonchev–Trinajstić information content (AvgIpc) is 2.46. The van der Waals surface area contributed by atoms with Gasteiger partial charge in [-0.25, -0.2) is 8.42 Å². The smallest absolute Gasteiger partial charge is 0.262 e. The molecule has 2 aromatic rings. The summed E-state index contributed by atoms with van der Waals surface area (Å²) in [6, 6.07) is 9.94. The lowest BCUT2D eigenvalue weighted by Crippen LogP contribution is -2.35. The van der Waals surface area contributed by atoms with Gasteiger partial charge in [0.05, 0.1) is 16.9 Å². The highest BCUT2D eigenvalue weighted by atomic mass is 32.2. The lowest BCUT2D eigenvalue weighted by molar-refractivity contribution is 0.0620. The minimum Gasteiger partial charge on any atom is -0.487 e. The maximum atomic E-state index is 12.7. The fourth-order valence-corrected chi connectivity index (χ4v) is 4.30. The summed E-state index contributed by atoms with van der Waals surface area (Å²) in [5, 5.41) is 0. The van der Waals surface area contributed by atoms with Gasteiger partial charge in [0.2, 0.25) is 0 Å². The monoisotopic (exact) mass is 359 g/mol. The Kier molecular flexibility index (Phi) is 4.11. The van der Waals surface area contributed by atoms with E-state index in [0.29, 0.717) is 22.6 Å². The third-order valence-corrected chi connectivity index (χ3v) is 5.67. The van der Waals surface area contributed by atoms with Gasteiger partial charge in [-0.2, -0.15) is 0 Å². The number of Topliss-reactive ketones (excluding diaryl/α,β-unsaturated/α-hetero) is 1. The third-order valence-electron chi connectivity index (χ3n) is 4.12. The second-order valence-electron chi connectivity index (χ2n) is 7.05. The lowest BCUT2D eigenvalue weighted by atomic mass is 9.93. The van der Waals surface area contributed by atoms with Gasteiger partial charge in [-0.3, -0.25) is 9.52 Å². The zero-order valence-electron chi connectivity index (χ0n) is 14.7. The summed E-state index contributed by atoms with van der Waals surface area (Å²) < 4.78 is 33.7. The number of rotatable bonds is 3. The van der Waals surface area contributed by atoms with Crippen molar-refractivity contribution in [2.75, 3.05) is 4.72 Å². The first-order valence-corrected chi connectivity index (χ1v) is 9.52. The molecule has 0 saturated heterocycles. The van der Waals surface area contributed by atoms with Crippen molar-refractivity contribution < 1.29 is 17.9 Å². The molecule has 25 heavy (non-hydrogen) atoms. The molecule has 6 heteroatoms. The van der Waals surface area contributed by atoms with Crippen molar-refractivity contribution in [3.8, 4) is 5.75 Å². The van der Waals surface area contributed by atoms with Gasteiger partial charge in [0.15, 0.2) is 5.78 Å². The molecule has 0 bridgehead atoms. The highest BCUT2D eigenvalue weighted by Crippen LogP contribution is 2.35. The Bertz CT molecular complexity index is 961. The van der Waals surface area contributed by atoms with Gasteiger partial charge in [0.25, 0.3) is 10.0 Å². The Morgan fingerprint density at radius 2 is 1.80 bits per heavy atom. The molecule has 1 heterocycles. The van der Waals surface area contributed by atoms with E-state index < -0.39 is 15.6 Å². The fraction of sp³-hybridized carbons (Fsp3) is 0.316. The van der Waals surface area contributed by atoms with Crippen LogP contribution in [0.4, 0.5) is 5.69 Å². The second-order valence-corrected chi connectivity index (χ2v) is 8.70. The van der Waals surface area contributed by atoms with E-state index in [2.05, 4.69) is 4.72 Å². The molecular formula is C19H21NO4S. The van der Waals surface area contributed by atoms with Crippen LogP contribution in [-0.2, 0) is 10.0 Å². The van der Waals surface area contributed by atoms with Crippen molar-refractivity contribution >= 4 is 21.5 Å². The molecule has 132 valence electrons. The van der Waals surface area contributed by atoms with Gasteiger partial charge in [-0.1, -0.05) is 17.7 Å². The number of nitrogens with one attached hydrogen (secondary N) is 1. The van der Waals surface area contributed by atoms with Crippen LogP contribution < -0.4 is 9.46 Å². The Balaban J connectivity index is 1.94. The van der Waals surface area contributed by atoms with E-state index in [1.54, 1.807) is 31.2 Å². The van der Waals surface area contributed by atoms with Crippen molar-refractivity contribution in [2.45, 2.75) is 44.6 Å². The average molecular weight is 359 g/mol. The van der Waals surface area contributed by atoms with Crippen LogP contribution in [0.2, 0.25) is 0 Å². The number of ketones is 1. The maximum absolute atomic E-state index is 12.7. The number of carbonyl (C=O) groups excluding carboxylic acids is 1. The number of carbonyl (C=O) groups is 1. The van der Waals surface area contributed by atoms with Crippen LogP contribution in [0.25, 0.3) is 0 Å². The Hall–Kier alpha value is -2.34. The van der Waals surface area contributed by atoms with Gasteiger partial charge in [0.1, 0.15) is 11.4 Å². The molecule has 0 radical (unpaired) electrons. The highest BCUT2D eigenvalue weighted by Gasteiger charge is 2.32. The molecule has 5 nitrogen and oxygen atoms in total. The molecule has 2 aromatic carbocycles. The van der Waals surface area contributed by atoms with Crippen LogP contribution >= 0.6 is 0 Å². The molecule has 0 amide bonds. The van der Waals surface area contributed by atoms with E-state index in [1.807, 2.05) is 26.8 Å². The van der Waals surface area contributed by atoms with Gasteiger partial charge in [-0.05, 0) is 57.5 Å². The summed E-state index contributed by atoms with van der Waals surface area (Å²) in [7, 11) is -3.73. The molecule has 0 unspecified atom stereocenters. The Morgan fingerprint density at radius 3 is 2.48 bits per heavy atom. The summed E-state index contributed by atoms with van der Waals surface area (Å²) >= 11 is 0. The standard InChI is InChI=1S/C19H21NO4S/c1-12-5-8-18(13(2)9-12)25(22,23)20-14-6-7-17-15(10-14)16(21)11-19(3,4)24-17/h5-10,20H,11H2,1-4H3. The maximum Gasteiger partial charge on any atom is 0.262 e. The van der Waals surface area contributed by atoms with E-state index in [0.717, 1.165) is 5.56 Å². The number of aryl methyl sites for hydroxylation is 2. The summed E-state index contributed by atoms with van der Waals surface area (Å²) in [4.78, 5) is 12.5. The van der Waals surface area contributed by atoms with Crippen molar-refractivity contribution in [2.24, 2.45) is 0 Å². The largest absolute Gasteiger partial charge is 0.487 e. The number of anilines is 1. The molecule has 1 aliphatic heterocycles. The van der Waals surface area contributed by atoms with E-state index in [4.69, 9.17) is 4.74 Å². The molecule has 0 aliphatic carbocycles. The minimum atomic E-state index is -3.73. The number of hydrogen-bond donors (Lipinski definition) is 1. The van der Waals surface area contributed by atoms with E-state index >= 15 is 0 Å². The number of sulfonamides is 1. The van der Waals surface area contributed by atoms with E-state index in [-0.39, 0.29) is 17.1 Å². The first-order valence-electron chi connectivity index (χ1n) is 8.04. The van der Waals surface area contributed by atoms with Crippen LogP contribution in [0.3, 0.4) is 0 Å². The van der Waals surface area contributed by atoms with Crippen molar-refractivity contribution in [3.63, 3.8) is 0 Å². The third kappa shape index (κ3) is 3.54. The van der Waals surface area contributed by atoms with Gasteiger partial charge in [0, 0.05) is 5.69 Å². The molecule has 0 spiro atoms. The van der Waals surface area contributed by atoms with Crippen LogP contribution in [0.5, 0.6) is 5.75 Å². The first kappa shape index (κ1) is 17.5. The van der Waals surface area contributed by atoms with Crippen LogP contribution in [0.1, 0.15) is 41.8 Å². The molecule has 1 N–H and O–H groups in total. The van der Waals surface area contributed by atoms with Crippen LogP contribution in [-0.4, -0.2) is 19.8 Å². The normalized spacial score (nSPS) is 16.1. The molecule has 0 saturated carbocycles. The predicted molar refractivity (Wildman–Crippen MR) is 96.8 cm³/mol. The number of hydrogen-bond acceptors (Lipinski definition) is 4. The first-order chi connectivity index (χ1) is 11.6. The van der Waals surface area contributed by atoms with Crippen molar-refractivity contribution in [3.05, 3.63) is 53.1 Å². The van der Waals surface area contributed by atoms with Crippen molar-refractivity contribution in [1.82, 2.24) is 0 Å². The van der Waals surface area contributed by atoms with Crippen LogP contribution in [0, 0.1) is 13.8 Å². The zero-order chi connectivity index (χ0) is 18.4.